The Hall–Kier alpha value is -1.95. The van der Waals surface area contributed by atoms with Crippen LogP contribution in [0.1, 0.15) is 37.7 Å². The Labute approximate surface area is 119 Å². The molecule has 1 aromatic heterocycles. The normalized spacial score (nSPS) is 16.2. The molecule has 0 N–H and O–H groups in total. The fourth-order valence-electron chi connectivity index (χ4n) is 3.37. The van der Waals surface area contributed by atoms with Crippen molar-refractivity contribution in [3.8, 4) is 11.8 Å². The molecule has 3 nitrogen and oxygen atoms in total. The maximum absolute atomic E-state index is 9.31. The first-order chi connectivity index (χ1) is 9.83. The second-order valence-electron chi connectivity index (χ2n) is 5.67. The highest BCUT2D eigenvalue weighted by atomic mass is 16.5. The summed E-state index contributed by atoms with van der Waals surface area (Å²) >= 11 is 0. The number of nitriles is 1. The summed E-state index contributed by atoms with van der Waals surface area (Å²) in [6, 6.07) is 8.23. The molecular formula is C17H20N2O. The lowest BCUT2D eigenvalue weighted by atomic mass is 9.89. The molecule has 0 unspecified atom stereocenters. The molecule has 0 atom stereocenters. The molecule has 2 aromatic rings. The van der Waals surface area contributed by atoms with Gasteiger partial charge in [0.1, 0.15) is 11.8 Å². The van der Waals surface area contributed by atoms with Crippen molar-refractivity contribution in [1.82, 2.24) is 4.57 Å². The van der Waals surface area contributed by atoms with E-state index in [0.717, 1.165) is 34.7 Å². The maximum Gasteiger partial charge on any atom is 0.143 e. The number of fused-ring (bicyclic) bond motifs is 1. The molecule has 0 amide bonds. The molecule has 0 aliphatic heterocycles. The molecule has 1 saturated carbocycles. The predicted molar refractivity (Wildman–Crippen MR) is 79.8 cm³/mol. The van der Waals surface area contributed by atoms with E-state index in [0.29, 0.717) is 0 Å². The average Bonchev–Trinajstić information content (AvgIpc) is 2.86. The van der Waals surface area contributed by atoms with Crippen molar-refractivity contribution in [2.45, 2.75) is 38.6 Å². The highest BCUT2D eigenvalue weighted by Crippen LogP contribution is 2.32. The minimum atomic E-state index is 0.732. The van der Waals surface area contributed by atoms with E-state index in [9.17, 15) is 5.26 Å². The van der Waals surface area contributed by atoms with Crippen LogP contribution in [0.2, 0.25) is 0 Å². The zero-order valence-corrected chi connectivity index (χ0v) is 11.9. The minimum Gasteiger partial charge on any atom is -0.495 e. The largest absolute Gasteiger partial charge is 0.495 e. The molecule has 1 heterocycles. The number of benzene rings is 1. The first-order valence-electron chi connectivity index (χ1n) is 7.39. The third-order valence-electron chi connectivity index (χ3n) is 4.38. The van der Waals surface area contributed by atoms with Crippen LogP contribution < -0.4 is 4.74 Å². The van der Waals surface area contributed by atoms with Crippen LogP contribution in [0.15, 0.2) is 24.4 Å². The van der Waals surface area contributed by atoms with E-state index < -0.39 is 0 Å². The molecule has 0 bridgehead atoms. The van der Waals surface area contributed by atoms with Gasteiger partial charge in [-0.05, 0) is 24.8 Å². The SMILES string of the molecule is COc1cccc2c(C#N)cn(CC3CCCCC3)c12. The number of hydrogen-bond acceptors (Lipinski definition) is 2. The van der Waals surface area contributed by atoms with Crippen LogP contribution in [0.25, 0.3) is 10.9 Å². The van der Waals surface area contributed by atoms with Crippen LogP contribution in [0.5, 0.6) is 5.75 Å². The number of aromatic nitrogens is 1. The second-order valence-corrected chi connectivity index (χ2v) is 5.67. The number of para-hydroxylation sites is 1. The number of ether oxygens (including phenoxy) is 1. The van der Waals surface area contributed by atoms with Gasteiger partial charge < -0.3 is 9.30 Å². The van der Waals surface area contributed by atoms with Gasteiger partial charge in [-0.2, -0.15) is 5.26 Å². The van der Waals surface area contributed by atoms with Gasteiger partial charge >= 0.3 is 0 Å². The third kappa shape index (κ3) is 2.27. The summed E-state index contributed by atoms with van der Waals surface area (Å²) in [5.41, 5.74) is 1.81. The van der Waals surface area contributed by atoms with Crippen molar-refractivity contribution >= 4 is 10.9 Å². The Bertz CT molecular complexity index is 645. The molecule has 1 aliphatic rings. The molecular weight excluding hydrogens is 248 g/mol. The first kappa shape index (κ1) is 13.1. The maximum atomic E-state index is 9.31. The summed E-state index contributed by atoms with van der Waals surface area (Å²) in [6.07, 6.45) is 8.64. The summed E-state index contributed by atoms with van der Waals surface area (Å²) in [5.74, 6) is 1.59. The lowest BCUT2D eigenvalue weighted by Crippen LogP contribution is -2.13. The Morgan fingerprint density at radius 2 is 2.10 bits per heavy atom. The van der Waals surface area contributed by atoms with Crippen LogP contribution in [-0.4, -0.2) is 11.7 Å². The van der Waals surface area contributed by atoms with Gasteiger partial charge in [-0.25, -0.2) is 0 Å². The van der Waals surface area contributed by atoms with Gasteiger partial charge in [-0.15, -0.1) is 0 Å². The highest BCUT2D eigenvalue weighted by Gasteiger charge is 2.18. The third-order valence-corrected chi connectivity index (χ3v) is 4.38. The fourth-order valence-corrected chi connectivity index (χ4v) is 3.37. The van der Waals surface area contributed by atoms with E-state index in [1.54, 1.807) is 7.11 Å². The molecule has 104 valence electrons. The van der Waals surface area contributed by atoms with Crippen molar-refractivity contribution in [3.05, 3.63) is 30.0 Å². The van der Waals surface area contributed by atoms with Crippen molar-refractivity contribution in [1.29, 1.82) is 5.26 Å². The lowest BCUT2D eigenvalue weighted by molar-refractivity contribution is 0.321. The zero-order valence-electron chi connectivity index (χ0n) is 11.9. The summed E-state index contributed by atoms with van der Waals surface area (Å²) in [4.78, 5) is 0. The first-order valence-corrected chi connectivity index (χ1v) is 7.39. The van der Waals surface area contributed by atoms with Crippen LogP contribution in [0.3, 0.4) is 0 Å². The Kier molecular flexibility index (Phi) is 3.64. The number of nitrogens with zero attached hydrogens (tertiary/aromatic N) is 2. The molecule has 1 aromatic carbocycles. The Morgan fingerprint density at radius 1 is 1.30 bits per heavy atom. The van der Waals surface area contributed by atoms with Gasteiger partial charge in [0, 0.05) is 18.1 Å². The van der Waals surface area contributed by atoms with Crippen LogP contribution in [0, 0.1) is 17.2 Å². The van der Waals surface area contributed by atoms with E-state index >= 15 is 0 Å². The average molecular weight is 268 g/mol. The molecule has 1 aliphatic carbocycles. The van der Waals surface area contributed by atoms with E-state index in [-0.39, 0.29) is 0 Å². The highest BCUT2D eigenvalue weighted by molar-refractivity contribution is 5.91. The summed E-state index contributed by atoms with van der Waals surface area (Å²) < 4.78 is 7.71. The topological polar surface area (TPSA) is 37.9 Å². The predicted octanol–water partition coefficient (Wildman–Crippen LogP) is 4.10. The number of hydrogen-bond donors (Lipinski definition) is 0. The van der Waals surface area contributed by atoms with Gasteiger partial charge in [0.15, 0.2) is 0 Å². The van der Waals surface area contributed by atoms with E-state index in [2.05, 4.69) is 10.6 Å². The van der Waals surface area contributed by atoms with Gasteiger partial charge in [-0.3, -0.25) is 0 Å². The van der Waals surface area contributed by atoms with Crippen molar-refractivity contribution in [2.24, 2.45) is 5.92 Å². The standard InChI is InChI=1S/C17H20N2O/c1-20-16-9-5-8-15-14(10-18)12-19(17(15)16)11-13-6-3-2-4-7-13/h5,8-9,12-13H,2-4,6-7,11H2,1H3. The van der Waals surface area contributed by atoms with Crippen molar-refractivity contribution in [3.63, 3.8) is 0 Å². The van der Waals surface area contributed by atoms with Gasteiger partial charge in [0.25, 0.3) is 0 Å². The summed E-state index contributed by atoms with van der Waals surface area (Å²) in [5, 5.41) is 10.3. The van der Waals surface area contributed by atoms with Crippen LogP contribution in [-0.2, 0) is 6.54 Å². The van der Waals surface area contributed by atoms with E-state index in [4.69, 9.17) is 4.74 Å². The summed E-state index contributed by atoms with van der Waals surface area (Å²) in [6.45, 7) is 0.999. The second kappa shape index (κ2) is 5.58. The zero-order chi connectivity index (χ0) is 13.9. The number of methoxy groups -OCH3 is 1. The van der Waals surface area contributed by atoms with Crippen LogP contribution >= 0.6 is 0 Å². The fraction of sp³-hybridized carbons (Fsp3) is 0.471. The molecule has 0 saturated heterocycles. The van der Waals surface area contributed by atoms with Crippen molar-refractivity contribution in [2.75, 3.05) is 7.11 Å². The quantitative estimate of drug-likeness (QED) is 0.840. The molecule has 0 spiro atoms. The van der Waals surface area contributed by atoms with E-state index in [1.807, 2.05) is 24.4 Å². The Balaban J connectivity index is 2.03. The molecule has 20 heavy (non-hydrogen) atoms. The van der Waals surface area contributed by atoms with Crippen molar-refractivity contribution < 1.29 is 4.74 Å². The lowest BCUT2D eigenvalue weighted by Gasteiger charge is -2.22. The molecule has 1 fully saturated rings. The van der Waals surface area contributed by atoms with Gasteiger partial charge in [0.2, 0.25) is 0 Å². The number of rotatable bonds is 3. The molecule has 3 heteroatoms. The molecule has 3 rings (SSSR count). The van der Waals surface area contributed by atoms with E-state index in [1.165, 1.54) is 32.1 Å². The minimum absolute atomic E-state index is 0.732. The van der Waals surface area contributed by atoms with Gasteiger partial charge in [0.05, 0.1) is 18.2 Å². The Morgan fingerprint density at radius 3 is 2.80 bits per heavy atom. The van der Waals surface area contributed by atoms with Gasteiger partial charge in [-0.1, -0.05) is 31.4 Å². The summed E-state index contributed by atoms with van der Waals surface area (Å²) in [7, 11) is 1.69. The monoisotopic (exact) mass is 268 g/mol. The molecule has 0 radical (unpaired) electrons. The van der Waals surface area contributed by atoms with Crippen LogP contribution in [0.4, 0.5) is 0 Å². The smallest absolute Gasteiger partial charge is 0.143 e.